The minimum atomic E-state index is -0.569. The van der Waals surface area contributed by atoms with Crippen molar-refractivity contribution < 1.29 is 9.59 Å². The minimum absolute atomic E-state index is 0.0483. The Balaban J connectivity index is 2.50. The quantitative estimate of drug-likeness (QED) is 0.559. The van der Waals surface area contributed by atoms with E-state index in [0.717, 1.165) is 5.56 Å². The van der Waals surface area contributed by atoms with Crippen molar-refractivity contribution in [1.29, 1.82) is 0 Å². The summed E-state index contributed by atoms with van der Waals surface area (Å²) < 4.78 is 0. The smallest absolute Gasteiger partial charge is 0.244 e. The number of rotatable bonds is 5. The molecule has 0 bridgehead atoms. The molecule has 1 aromatic carbocycles. The van der Waals surface area contributed by atoms with E-state index in [1.807, 2.05) is 26.0 Å². The third-order valence-corrected chi connectivity index (χ3v) is 2.55. The first kappa shape index (κ1) is 15.8. The van der Waals surface area contributed by atoms with Crippen molar-refractivity contribution in [3.05, 3.63) is 35.9 Å². The largest absolute Gasteiger partial charge is 0.399 e. The molecule has 1 atom stereocenters. The fraction of sp³-hybridized carbons (Fsp3) is 0.333. The normalized spacial score (nSPS) is 12.4. The summed E-state index contributed by atoms with van der Waals surface area (Å²) in [5.74, 6) is -0.512. The van der Waals surface area contributed by atoms with Gasteiger partial charge in [-0.3, -0.25) is 9.59 Å². The van der Waals surface area contributed by atoms with Crippen LogP contribution in [0.2, 0.25) is 0 Å². The minimum Gasteiger partial charge on any atom is -0.399 e. The lowest BCUT2D eigenvalue weighted by Crippen LogP contribution is -2.46. The monoisotopic (exact) mass is 275 g/mol. The lowest BCUT2D eigenvalue weighted by molar-refractivity contribution is -0.127. The van der Waals surface area contributed by atoms with Crippen molar-refractivity contribution in [2.45, 2.75) is 32.9 Å². The zero-order chi connectivity index (χ0) is 15.1. The van der Waals surface area contributed by atoms with Crippen LogP contribution in [0.15, 0.2) is 30.3 Å². The van der Waals surface area contributed by atoms with Crippen LogP contribution in [-0.4, -0.2) is 23.9 Å². The number of hydrogen-bond acceptors (Lipinski definition) is 3. The molecule has 2 amide bonds. The molecule has 0 saturated heterocycles. The molecule has 0 heterocycles. The van der Waals surface area contributed by atoms with Crippen LogP contribution in [-0.2, 0) is 9.59 Å². The van der Waals surface area contributed by atoms with E-state index >= 15 is 0 Å². The van der Waals surface area contributed by atoms with Crippen LogP contribution >= 0.6 is 0 Å². The molecule has 1 unspecified atom stereocenters. The molecule has 0 aliphatic carbocycles. The van der Waals surface area contributed by atoms with E-state index in [2.05, 4.69) is 10.6 Å². The summed E-state index contributed by atoms with van der Waals surface area (Å²) >= 11 is 0. The molecule has 0 fully saturated rings. The summed E-state index contributed by atoms with van der Waals surface area (Å²) in [7, 11) is 0. The molecule has 0 aromatic heterocycles. The van der Waals surface area contributed by atoms with E-state index < -0.39 is 6.04 Å². The van der Waals surface area contributed by atoms with Crippen LogP contribution in [0.3, 0.4) is 0 Å². The number of nitrogens with two attached hydrogens (primary N) is 1. The fourth-order valence-corrected chi connectivity index (χ4v) is 1.52. The van der Waals surface area contributed by atoms with Crippen LogP contribution in [0.4, 0.5) is 5.69 Å². The summed E-state index contributed by atoms with van der Waals surface area (Å²) in [4.78, 5) is 23.3. The topological polar surface area (TPSA) is 84.2 Å². The molecule has 0 aliphatic heterocycles. The molecule has 20 heavy (non-hydrogen) atoms. The Morgan fingerprint density at radius 3 is 2.25 bits per heavy atom. The zero-order valence-electron chi connectivity index (χ0n) is 12.0. The number of amides is 2. The highest BCUT2D eigenvalue weighted by atomic mass is 16.2. The van der Waals surface area contributed by atoms with Gasteiger partial charge in [-0.2, -0.15) is 0 Å². The molecule has 5 heteroatoms. The second kappa shape index (κ2) is 7.33. The van der Waals surface area contributed by atoms with Gasteiger partial charge in [0, 0.05) is 17.8 Å². The van der Waals surface area contributed by atoms with Gasteiger partial charge in [-0.05, 0) is 44.5 Å². The molecule has 0 radical (unpaired) electrons. The molecule has 1 rings (SSSR count). The highest BCUT2D eigenvalue weighted by Crippen LogP contribution is 2.06. The Morgan fingerprint density at radius 2 is 1.70 bits per heavy atom. The Hall–Kier alpha value is -2.30. The van der Waals surface area contributed by atoms with Gasteiger partial charge in [0.25, 0.3) is 0 Å². The first-order valence-electron chi connectivity index (χ1n) is 6.53. The van der Waals surface area contributed by atoms with Crippen LogP contribution < -0.4 is 16.4 Å². The van der Waals surface area contributed by atoms with E-state index in [4.69, 9.17) is 5.73 Å². The zero-order valence-corrected chi connectivity index (χ0v) is 12.0. The van der Waals surface area contributed by atoms with E-state index in [-0.39, 0.29) is 17.9 Å². The van der Waals surface area contributed by atoms with Gasteiger partial charge in [0.2, 0.25) is 11.8 Å². The predicted molar refractivity (Wildman–Crippen MR) is 80.8 cm³/mol. The fourth-order valence-electron chi connectivity index (χ4n) is 1.52. The van der Waals surface area contributed by atoms with Crippen LogP contribution in [0.5, 0.6) is 0 Å². The highest BCUT2D eigenvalue weighted by molar-refractivity contribution is 5.95. The molecule has 0 saturated carbocycles. The third kappa shape index (κ3) is 5.56. The molecule has 0 spiro atoms. The molecule has 108 valence electrons. The van der Waals surface area contributed by atoms with E-state index in [1.165, 1.54) is 6.08 Å². The van der Waals surface area contributed by atoms with Gasteiger partial charge >= 0.3 is 0 Å². The molecule has 5 nitrogen and oxygen atoms in total. The van der Waals surface area contributed by atoms with Gasteiger partial charge in [-0.25, -0.2) is 0 Å². The van der Waals surface area contributed by atoms with Gasteiger partial charge in [0.05, 0.1) is 0 Å². The van der Waals surface area contributed by atoms with Crippen LogP contribution in [0.25, 0.3) is 6.08 Å². The predicted octanol–water partition coefficient (Wildman–Crippen LogP) is 1.31. The molecular formula is C15H21N3O2. The number of carbonyl (C=O) groups is 2. The average Bonchev–Trinajstić information content (AvgIpc) is 2.37. The Bertz CT molecular complexity index is 492. The van der Waals surface area contributed by atoms with Gasteiger partial charge in [0.1, 0.15) is 6.04 Å². The summed E-state index contributed by atoms with van der Waals surface area (Å²) in [5, 5.41) is 5.34. The summed E-state index contributed by atoms with van der Waals surface area (Å²) in [5.41, 5.74) is 7.11. The second-order valence-electron chi connectivity index (χ2n) is 4.89. The third-order valence-electron chi connectivity index (χ3n) is 2.55. The standard InChI is InChI=1S/C15H21N3O2/c1-10(2)17-15(20)11(3)18-14(19)9-6-12-4-7-13(16)8-5-12/h4-11H,16H2,1-3H3,(H,17,20)(H,18,19)/b9-6+. The second-order valence-corrected chi connectivity index (χ2v) is 4.89. The number of carbonyl (C=O) groups excluding carboxylic acids is 2. The van der Waals surface area contributed by atoms with Crippen molar-refractivity contribution in [2.75, 3.05) is 5.73 Å². The lowest BCUT2D eigenvalue weighted by atomic mass is 10.2. The molecule has 4 N–H and O–H groups in total. The number of nitrogens with one attached hydrogen (secondary N) is 2. The van der Waals surface area contributed by atoms with E-state index in [0.29, 0.717) is 5.69 Å². The Morgan fingerprint density at radius 1 is 1.10 bits per heavy atom. The van der Waals surface area contributed by atoms with Gasteiger partial charge < -0.3 is 16.4 Å². The maximum absolute atomic E-state index is 11.7. The Kier molecular flexibility index (Phi) is 5.77. The van der Waals surface area contributed by atoms with Crippen molar-refractivity contribution in [3.63, 3.8) is 0 Å². The van der Waals surface area contributed by atoms with E-state index in [1.54, 1.807) is 25.1 Å². The van der Waals surface area contributed by atoms with Crippen molar-refractivity contribution in [3.8, 4) is 0 Å². The summed E-state index contributed by atoms with van der Waals surface area (Å²) in [6, 6.07) is 6.63. The summed E-state index contributed by atoms with van der Waals surface area (Å²) in [6.07, 6.45) is 3.06. The Labute approximate surface area is 119 Å². The molecule has 0 aliphatic rings. The van der Waals surface area contributed by atoms with Gasteiger partial charge in [-0.1, -0.05) is 12.1 Å². The maximum Gasteiger partial charge on any atom is 0.244 e. The number of benzene rings is 1. The average molecular weight is 275 g/mol. The van der Waals surface area contributed by atoms with Gasteiger partial charge in [0.15, 0.2) is 0 Å². The van der Waals surface area contributed by atoms with Crippen LogP contribution in [0, 0.1) is 0 Å². The lowest BCUT2D eigenvalue weighted by Gasteiger charge is -2.14. The molecule has 1 aromatic rings. The van der Waals surface area contributed by atoms with E-state index in [9.17, 15) is 9.59 Å². The highest BCUT2D eigenvalue weighted by Gasteiger charge is 2.14. The first-order valence-corrected chi connectivity index (χ1v) is 6.53. The number of anilines is 1. The number of nitrogen functional groups attached to an aromatic ring is 1. The van der Waals surface area contributed by atoms with Crippen molar-refractivity contribution >= 4 is 23.6 Å². The first-order chi connectivity index (χ1) is 9.38. The van der Waals surface area contributed by atoms with Crippen molar-refractivity contribution in [2.24, 2.45) is 0 Å². The van der Waals surface area contributed by atoms with Crippen LogP contribution in [0.1, 0.15) is 26.3 Å². The SMILES string of the molecule is CC(C)NC(=O)C(C)NC(=O)/C=C/c1ccc(N)cc1. The molecular weight excluding hydrogens is 254 g/mol. The maximum atomic E-state index is 11.7. The van der Waals surface area contributed by atoms with Gasteiger partial charge in [-0.15, -0.1) is 0 Å². The number of hydrogen-bond donors (Lipinski definition) is 3. The summed E-state index contributed by atoms with van der Waals surface area (Å²) in [6.45, 7) is 5.38. The van der Waals surface area contributed by atoms with Crippen molar-refractivity contribution in [1.82, 2.24) is 10.6 Å².